The van der Waals surface area contributed by atoms with Gasteiger partial charge in [0.05, 0.1) is 12.0 Å². The fraction of sp³-hybridized carbons (Fsp3) is 0.533. The molecule has 19 heavy (non-hydrogen) atoms. The van der Waals surface area contributed by atoms with Crippen molar-refractivity contribution >= 4 is 5.97 Å². The maximum atomic E-state index is 10.9. The van der Waals surface area contributed by atoms with Crippen LogP contribution in [0.2, 0.25) is 0 Å². The van der Waals surface area contributed by atoms with Crippen molar-refractivity contribution in [3.63, 3.8) is 0 Å². The number of aliphatic hydroxyl groups is 1. The lowest BCUT2D eigenvalue weighted by atomic mass is 9.98. The standard InChI is InChI=1S/C15H21NO3/c1-10(17)2-3-11-4-6-12(7-5-11)14-8-13(9-16-14)15(18)19/h4-7,10,13-14,16-17H,2-3,8-9H2,1H3,(H,18,19). The second-order valence-electron chi connectivity index (χ2n) is 5.36. The molecule has 104 valence electrons. The average Bonchev–Trinajstić information content (AvgIpc) is 2.86. The summed E-state index contributed by atoms with van der Waals surface area (Å²) in [6, 6.07) is 8.38. The van der Waals surface area contributed by atoms with Gasteiger partial charge < -0.3 is 15.5 Å². The molecule has 0 aromatic heterocycles. The third kappa shape index (κ3) is 3.78. The van der Waals surface area contributed by atoms with Gasteiger partial charge in [0, 0.05) is 12.6 Å². The van der Waals surface area contributed by atoms with Crippen LogP contribution < -0.4 is 5.32 Å². The Morgan fingerprint density at radius 3 is 2.63 bits per heavy atom. The monoisotopic (exact) mass is 263 g/mol. The lowest BCUT2D eigenvalue weighted by molar-refractivity contribution is -0.141. The zero-order chi connectivity index (χ0) is 13.8. The molecule has 0 bridgehead atoms. The van der Waals surface area contributed by atoms with Crippen molar-refractivity contribution in [3.8, 4) is 0 Å². The molecule has 4 nitrogen and oxygen atoms in total. The van der Waals surface area contributed by atoms with Gasteiger partial charge in [0.1, 0.15) is 0 Å². The minimum atomic E-state index is -0.719. The first-order valence-corrected chi connectivity index (χ1v) is 6.79. The van der Waals surface area contributed by atoms with E-state index in [1.165, 1.54) is 5.56 Å². The Hall–Kier alpha value is -1.39. The van der Waals surface area contributed by atoms with Crippen molar-refractivity contribution in [2.24, 2.45) is 5.92 Å². The summed E-state index contributed by atoms with van der Waals surface area (Å²) in [5.41, 5.74) is 2.35. The highest BCUT2D eigenvalue weighted by atomic mass is 16.4. The average molecular weight is 263 g/mol. The van der Waals surface area contributed by atoms with Crippen LogP contribution in [-0.4, -0.2) is 28.8 Å². The van der Waals surface area contributed by atoms with Crippen LogP contribution in [0.25, 0.3) is 0 Å². The molecule has 3 unspecified atom stereocenters. The third-order valence-corrected chi connectivity index (χ3v) is 3.71. The van der Waals surface area contributed by atoms with Crippen LogP contribution in [0.15, 0.2) is 24.3 Å². The molecule has 1 aliphatic rings. The minimum absolute atomic E-state index is 0.145. The van der Waals surface area contributed by atoms with Gasteiger partial charge in [-0.2, -0.15) is 0 Å². The van der Waals surface area contributed by atoms with E-state index in [2.05, 4.69) is 29.6 Å². The minimum Gasteiger partial charge on any atom is -0.481 e. The molecule has 0 radical (unpaired) electrons. The van der Waals surface area contributed by atoms with Gasteiger partial charge in [-0.3, -0.25) is 4.79 Å². The van der Waals surface area contributed by atoms with Crippen LogP contribution >= 0.6 is 0 Å². The largest absolute Gasteiger partial charge is 0.481 e. The SMILES string of the molecule is CC(O)CCc1ccc(C2CC(C(=O)O)CN2)cc1. The predicted octanol–water partition coefficient (Wildman–Crippen LogP) is 1.74. The lowest BCUT2D eigenvalue weighted by Crippen LogP contribution is -2.17. The van der Waals surface area contributed by atoms with E-state index >= 15 is 0 Å². The highest BCUT2D eigenvalue weighted by Crippen LogP contribution is 2.27. The molecule has 1 aromatic carbocycles. The number of rotatable bonds is 5. The molecule has 0 aliphatic carbocycles. The Morgan fingerprint density at radius 2 is 2.11 bits per heavy atom. The summed E-state index contributed by atoms with van der Waals surface area (Å²) in [5.74, 6) is -0.997. The molecule has 2 rings (SSSR count). The third-order valence-electron chi connectivity index (χ3n) is 3.71. The van der Waals surface area contributed by atoms with Gasteiger partial charge in [0.2, 0.25) is 0 Å². The van der Waals surface area contributed by atoms with E-state index in [0.29, 0.717) is 13.0 Å². The number of carboxylic acid groups (broad SMARTS) is 1. The molecule has 1 heterocycles. The first-order chi connectivity index (χ1) is 9.06. The Balaban J connectivity index is 1.93. The van der Waals surface area contributed by atoms with E-state index in [-0.39, 0.29) is 18.1 Å². The Bertz CT molecular complexity index is 428. The number of nitrogens with one attached hydrogen (secondary N) is 1. The number of aliphatic hydroxyl groups excluding tert-OH is 1. The van der Waals surface area contributed by atoms with Crippen molar-refractivity contribution in [3.05, 3.63) is 35.4 Å². The Morgan fingerprint density at radius 1 is 1.42 bits per heavy atom. The van der Waals surface area contributed by atoms with Gasteiger partial charge in [-0.05, 0) is 37.3 Å². The number of aliphatic carboxylic acids is 1. The van der Waals surface area contributed by atoms with Crippen LogP contribution in [0.4, 0.5) is 0 Å². The first kappa shape index (κ1) is 14.0. The molecule has 3 N–H and O–H groups in total. The highest BCUT2D eigenvalue weighted by molar-refractivity contribution is 5.70. The zero-order valence-electron chi connectivity index (χ0n) is 11.2. The molecule has 0 spiro atoms. The fourth-order valence-corrected chi connectivity index (χ4v) is 2.47. The molecule has 3 atom stereocenters. The van der Waals surface area contributed by atoms with Crippen LogP contribution in [0, 0.1) is 5.92 Å². The van der Waals surface area contributed by atoms with Crippen molar-refractivity contribution in [1.29, 1.82) is 0 Å². The molecular formula is C15H21NO3. The van der Waals surface area contributed by atoms with Crippen LogP contribution in [0.5, 0.6) is 0 Å². The summed E-state index contributed by atoms with van der Waals surface area (Å²) < 4.78 is 0. The van der Waals surface area contributed by atoms with Gasteiger partial charge in [-0.15, -0.1) is 0 Å². The number of aryl methyl sites for hydroxylation is 1. The van der Waals surface area contributed by atoms with Crippen molar-refractivity contribution in [2.45, 2.75) is 38.3 Å². The van der Waals surface area contributed by atoms with E-state index in [0.717, 1.165) is 18.4 Å². The molecule has 1 aromatic rings. The summed E-state index contributed by atoms with van der Waals surface area (Å²) >= 11 is 0. The second-order valence-corrected chi connectivity index (χ2v) is 5.36. The molecule has 0 amide bonds. The quantitative estimate of drug-likeness (QED) is 0.757. The van der Waals surface area contributed by atoms with Crippen LogP contribution in [-0.2, 0) is 11.2 Å². The van der Waals surface area contributed by atoms with Crippen molar-refractivity contribution in [1.82, 2.24) is 5.32 Å². The Kier molecular flexibility index (Phi) is 4.56. The smallest absolute Gasteiger partial charge is 0.307 e. The number of hydrogen-bond acceptors (Lipinski definition) is 3. The summed E-state index contributed by atoms with van der Waals surface area (Å²) in [5, 5.41) is 21.5. The molecular weight excluding hydrogens is 242 g/mol. The van der Waals surface area contributed by atoms with E-state index in [1.54, 1.807) is 6.92 Å². The molecule has 1 fully saturated rings. The maximum absolute atomic E-state index is 10.9. The van der Waals surface area contributed by atoms with Gasteiger partial charge in [0.25, 0.3) is 0 Å². The van der Waals surface area contributed by atoms with Crippen LogP contribution in [0.1, 0.15) is 36.9 Å². The maximum Gasteiger partial charge on any atom is 0.307 e. The first-order valence-electron chi connectivity index (χ1n) is 6.79. The van der Waals surface area contributed by atoms with Crippen molar-refractivity contribution in [2.75, 3.05) is 6.54 Å². The molecule has 4 heteroatoms. The fourth-order valence-electron chi connectivity index (χ4n) is 2.47. The molecule has 0 saturated carbocycles. The van der Waals surface area contributed by atoms with Gasteiger partial charge >= 0.3 is 5.97 Å². The van der Waals surface area contributed by atoms with E-state index in [1.807, 2.05) is 0 Å². The summed E-state index contributed by atoms with van der Waals surface area (Å²) in [4.78, 5) is 10.9. The number of carboxylic acids is 1. The predicted molar refractivity (Wildman–Crippen MR) is 72.9 cm³/mol. The van der Waals surface area contributed by atoms with E-state index in [4.69, 9.17) is 5.11 Å². The van der Waals surface area contributed by atoms with Gasteiger partial charge in [0.15, 0.2) is 0 Å². The topological polar surface area (TPSA) is 69.6 Å². The lowest BCUT2D eigenvalue weighted by Gasteiger charge is -2.11. The summed E-state index contributed by atoms with van der Waals surface area (Å²) in [6.07, 6.45) is 2.02. The van der Waals surface area contributed by atoms with Gasteiger partial charge in [-0.1, -0.05) is 24.3 Å². The van der Waals surface area contributed by atoms with Crippen LogP contribution in [0.3, 0.4) is 0 Å². The summed E-state index contributed by atoms with van der Waals surface area (Å²) in [7, 11) is 0. The zero-order valence-corrected chi connectivity index (χ0v) is 11.2. The van der Waals surface area contributed by atoms with E-state index < -0.39 is 5.97 Å². The van der Waals surface area contributed by atoms with E-state index in [9.17, 15) is 9.90 Å². The second kappa shape index (κ2) is 6.17. The highest BCUT2D eigenvalue weighted by Gasteiger charge is 2.29. The Labute approximate surface area is 113 Å². The van der Waals surface area contributed by atoms with Crippen molar-refractivity contribution < 1.29 is 15.0 Å². The number of carbonyl (C=O) groups is 1. The number of hydrogen-bond donors (Lipinski definition) is 3. The molecule has 1 saturated heterocycles. The summed E-state index contributed by atoms with van der Waals surface area (Å²) in [6.45, 7) is 2.34. The van der Waals surface area contributed by atoms with Gasteiger partial charge in [-0.25, -0.2) is 0 Å². The molecule has 1 aliphatic heterocycles. The normalized spacial score (nSPS) is 24.3. The number of benzene rings is 1.